The maximum absolute atomic E-state index is 13.2. The molecule has 6 heteroatoms. The molecule has 2 heterocycles. The van der Waals surface area contributed by atoms with E-state index in [9.17, 15) is 9.59 Å². The highest BCUT2D eigenvalue weighted by Gasteiger charge is 2.51. The molecule has 1 aliphatic carbocycles. The number of amides is 1. The van der Waals surface area contributed by atoms with Gasteiger partial charge in [0.05, 0.1) is 10.9 Å². The smallest absolute Gasteiger partial charge is 0.235 e. The Morgan fingerprint density at radius 2 is 1.87 bits per heavy atom. The Morgan fingerprint density at radius 1 is 1.10 bits per heavy atom. The van der Waals surface area contributed by atoms with E-state index in [1.54, 1.807) is 6.07 Å². The van der Waals surface area contributed by atoms with Gasteiger partial charge in [0.25, 0.3) is 0 Å². The maximum Gasteiger partial charge on any atom is 0.235 e. The minimum Gasteiger partial charge on any atom is -0.454 e. The Morgan fingerprint density at radius 3 is 2.57 bits per heavy atom. The average molecular weight is 404 g/mol. The van der Waals surface area contributed by atoms with Gasteiger partial charge in [0, 0.05) is 27.7 Å². The Kier molecular flexibility index (Phi) is 3.97. The fourth-order valence-corrected chi connectivity index (χ4v) is 4.06. The van der Waals surface area contributed by atoms with Crippen molar-refractivity contribution in [2.75, 3.05) is 12.1 Å². The first-order valence-electron chi connectivity index (χ1n) is 10.1. The van der Waals surface area contributed by atoms with Crippen LogP contribution in [0.15, 0.2) is 36.4 Å². The first kappa shape index (κ1) is 18.7. The van der Waals surface area contributed by atoms with Crippen molar-refractivity contribution >= 4 is 28.8 Å². The summed E-state index contributed by atoms with van der Waals surface area (Å²) in [5.41, 5.74) is 3.30. The van der Waals surface area contributed by atoms with Crippen molar-refractivity contribution in [3.8, 4) is 11.5 Å². The zero-order valence-electron chi connectivity index (χ0n) is 17.3. The number of aromatic nitrogens is 1. The zero-order chi connectivity index (χ0) is 21.1. The molecule has 2 aromatic carbocycles. The molecule has 1 saturated carbocycles. The number of rotatable bonds is 4. The third-order valence-corrected chi connectivity index (χ3v) is 6.06. The molecule has 3 aromatic rings. The van der Waals surface area contributed by atoms with Crippen LogP contribution in [0, 0.1) is 0 Å². The van der Waals surface area contributed by atoms with Crippen LogP contribution in [0.3, 0.4) is 0 Å². The van der Waals surface area contributed by atoms with E-state index < -0.39 is 5.41 Å². The third-order valence-electron chi connectivity index (χ3n) is 6.06. The van der Waals surface area contributed by atoms with Crippen LogP contribution in [0.2, 0.25) is 0 Å². The number of aldehydes is 1. The van der Waals surface area contributed by atoms with Crippen LogP contribution in [0.1, 0.15) is 55.2 Å². The van der Waals surface area contributed by atoms with Gasteiger partial charge in [-0.1, -0.05) is 26.8 Å². The molecule has 2 aliphatic rings. The van der Waals surface area contributed by atoms with Crippen LogP contribution in [-0.2, 0) is 15.6 Å². The van der Waals surface area contributed by atoms with Crippen LogP contribution in [0.4, 0.5) is 5.69 Å². The summed E-state index contributed by atoms with van der Waals surface area (Å²) in [6.07, 6.45) is 2.38. The zero-order valence-corrected chi connectivity index (χ0v) is 17.3. The molecule has 1 fully saturated rings. The molecule has 0 spiro atoms. The highest BCUT2D eigenvalue weighted by molar-refractivity contribution is 6.05. The summed E-state index contributed by atoms with van der Waals surface area (Å²) in [6.45, 7) is 6.55. The number of carbonyl (C=O) groups is 2. The van der Waals surface area contributed by atoms with E-state index in [1.165, 1.54) is 0 Å². The monoisotopic (exact) mass is 404 g/mol. The summed E-state index contributed by atoms with van der Waals surface area (Å²) >= 11 is 0. The molecular formula is C24H24N2O4. The van der Waals surface area contributed by atoms with Gasteiger partial charge in [-0.15, -0.1) is 0 Å². The first-order chi connectivity index (χ1) is 14.3. The lowest BCUT2D eigenvalue weighted by atomic mass is 9.92. The highest BCUT2D eigenvalue weighted by atomic mass is 16.7. The van der Waals surface area contributed by atoms with Gasteiger partial charge in [-0.3, -0.25) is 9.59 Å². The molecule has 0 saturated heterocycles. The van der Waals surface area contributed by atoms with Gasteiger partial charge in [0.1, 0.15) is 0 Å². The molecule has 0 atom stereocenters. The summed E-state index contributed by atoms with van der Waals surface area (Å²) in [7, 11) is 0. The molecule has 1 aromatic heterocycles. The average Bonchev–Trinajstić information content (AvgIpc) is 3.18. The lowest BCUT2D eigenvalue weighted by molar-refractivity contribution is -0.118. The predicted octanol–water partition coefficient (Wildman–Crippen LogP) is 4.68. The summed E-state index contributed by atoms with van der Waals surface area (Å²) < 4.78 is 10.8. The summed E-state index contributed by atoms with van der Waals surface area (Å²) in [5, 5.41) is 3.95. The van der Waals surface area contributed by atoms with Crippen molar-refractivity contribution in [3.63, 3.8) is 0 Å². The van der Waals surface area contributed by atoms with Crippen molar-refractivity contribution in [2.24, 2.45) is 0 Å². The second-order valence-corrected chi connectivity index (χ2v) is 9.18. The molecule has 30 heavy (non-hydrogen) atoms. The standard InChI is InChI=1S/C24H24N2O4/c1-23(2,3)20-10-14-8-17(9-15(12-27)21(14)26-20)25-22(28)24(6-7-24)16-4-5-18-19(11-16)30-13-29-18/h4-5,8-12,26H,6-7,13H2,1-3H3,(H,25,28). The molecule has 154 valence electrons. The molecule has 0 unspecified atom stereocenters. The van der Waals surface area contributed by atoms with Crippen LogP contribution >= 0.6 is 0 Å². The molecule has 1 aliphatic heterocycles. The maximum atomic E-state index is 13.2. The van der Waals surface area contributed by atoms with E-state index in [2.05, 4.69) is 31.1 Å². The number of ether oxygens (including phenoxy) is 2. The minimum atomic E-state index is -0.563. The Labute approximate surface area is 174 Å². The normalized spacial score (nSPS) is 16.5. The number of aromatic amines is 1. The second kappa shape index (κ2) is 6.36. The molecule has 0 bridgehead atoms. The van der Waals surface area contributed by atoms with Crippen LogP contribution in [-0.4, -0.2) is 24.0 Å². The number of carbonyl (C=O) groups excluding carboxylic acids is 2. The topological polar surface area (TPSA) is 80.4 Å². The minimum absolute atomic E-state index is 0.0656. The number of hydrogen-bond donors (Lipinski definition) is 2. The van der Waals surface area contributed by atoms with Crippen LogP contribution < -0.4 is 14.8 Å². The number of anilines is 1. The van der Waals surface area contributed by atoms with Crippen molar-refractivity contribution in [2.45, 2.75) is 44.4 Å². The molecular weight excluding hydrogens is 380 g/mol. The van der Waals surface area contributed by atoms with Gasteiger partial charge in [-0.05, 0) is 48.7 Å². The van der Waals surface area contributed by atoms with E-state index in [4.69, 9.17) is 9.47 Å². The van der Waals surface area contributed by atoms with Gasteiger partial charge < -0.3 is 19.8 Å². The lowest BCUT2D eigenvalue weighted by Crippen LogP contribution is -2.27. The number of fused-ring (bicyclic) bond motifs is 2. The van der Waals surface area contributed by atoms with Crippen molar-refractivity contribution in [3.05, 3.63) is 53.2 Å². The number of benzene rings is 2. The van der Waals surface area contributed by atoms with Crippen LogP contribution in [0.5, 0.6) is 11.5 Å². The van der Waals surface area contributed by atoms with E-state index in [1.807, 2.05) is 30.3 Å². The van der Waals surface area contributed by atoms with Crippen molar-refractivity contribution < 1.29 is 19.1 Å². The summed E-state index contributed by atoms with van der Waals surface area (Å²) in [5.74, 6) is 1.32. The second-order valence-electron chi connectivity index (χ2n) is 9.18. The van der Waals surface area contributed by atoms with Crippen LogP contribution in [0.25, 0.3) is 10.9 Å². The molecule has 0 radical (unpaired) electrons. The molecule has 6 nitrogen and oxygen atoms in total. The quantitative estimate of drug-likeness (QED) is 0.619. The molecule has 5 rings (SSSR count). The molecule has 2 N–H and O–H groups in total. The van der Waals surface area contributed by atoms with Crippen molar-refractivity contribution in [1.29, 1.82) is 0 Å². The van der Waals surface area contributed by atoms with E-state index in [-0.39, 0.29) is 18.1 Å². The fourth-order valence-electron chi connectivity index (χ4n) is 4.06. The highest BCUT2D eigenvalue weighted by Crippen LogP contribution is 2.51. The van der Waals surface area contributed by atoms with Gasteiger partial charge in [0.2, 0.25) is 12.7 Å². The largest absolute Gasteiger partial charge is 0.454 e. The number of hydrogen-bond acceptors (Lipinski definition) is 4. The Balaban J connectivity index is 1.46. The number of nitrogens with one attached hydrogen (secondary N) is 2. The Bertz CT molecular complexity index is 1180. The van der Waals surface area contributed by atoms with E-state index >= 15 is 0 Å². The Hall–Kier alpha value is -3.28. The van der Waals surface area contributed by atoms with E-state index in [0.717, 1.165) is 41.3 Å². The van der Waals surface area contributed by atoms with E-state index in [0.29, 0.717) is 22.7 Å². The predicted molar refractivity (Wildman–Crippen MR) is 114 cm³/mol. The number of H-pyrrole nitrogens is 1. The van der Waals surface area contributed by atoms with Gasteiger partial charge >= 0.3 is 0 Å². The first-order valence-corrected chi connectivity index (χ1v) is 10.1. The fraction of sp³-hybridized carbons (Fsp3) is 0.333. The van der Waals surface area contributed by atoms with Gasteiger partial charge in [-0.2, -0.15) is 0 Å². The van der Waals surface area contributed by atoms with Gasteiger partial charge in [0.15, 0.2) is 17.8 Å². The summed E-state index contributed by atoms with van der Waals surface area (Å²) in [6, 6.07) is 11.4. The SMILES string of the molecule is CC(C)(C)c1cc2cc(NC(=O)C3(c4ccc5c(c4)OCO5)CC3)cc(C=O)c2[nH]1. The molecule has 1 amide bonds. The van der Waals surface area contributed by atoms with Crippen molar-refractivity contribution in [1.82, 2.24) is 4.98 Å². The third kappa shape index (κ3) is 2.95. The van der Waals surface area contributed by atoms with Gasteiger partial charge in [-0.25, -0.2) is 0 Å². The lowest BCUT2D eigenvalue weighted by Gasteiger charge is -2.16. The summed E-state index contributed by atoms with van der Waals surface area (Å²) in [4.78, 5) is 28.3.